The first-order valence-electron chi connectivity index (χ1n) is 11.4. The molecule has 0 saturated carbocycles. The molecule has 3 rings (SSSR count). The van der Waals surface area contributed by atoms with E-state index in [9.17, 15) is 13.2 Å². The summed E-state index contributed by atoms with van der Waals surface area (Å²) in [5.74, 6) is -2.34. The van der Waals surface area contributed by atoms with Crippen LogP contribution in [0.1, 0.15) is 63.9 Å². The fourth-order valence-corrected chi connectivity index (χ4v) is 4.04. The molecule has 164 valence electrons. The highest BCUT2D eigenvalue weighted by Gasteiger charge is 2.18. The van der Waals surface area contributed by atoms with E-state index in [1.54, 1.807) is 18.2 Å². The van der Waals surface area contributed by atoms with Crippen molar-refractivity contribution in [2.45, 2.75) is 64.7 Å². The van der Waals surface area contributed by atoms with Gasteiger partial charge in [-0.1, -0.05) is 100 Å². The molecule has 0 nitrogen and oxygen atoms in total. The van der Waals surface area contributed by atoms with Gasteiger partial charge in [0.2, 0.25) is 0 Å². The maximum Gasteiger partial charge on any atom is 0.167 e. The maximum absolute atomic E-state index is 14.8. The van der Waals surface area contributed by atoms with Crippen LogP contribution in [0.3, 0.4) is 0 Å². The Balaban J connectivity index is 1.69. The molecule has 0 unspecified atom stereocenters. The van der Waals surface area contributed by atoms with Gasteiger partial charge in [-0.25, -0.2) is 13.2 Å². The van der Waals surface area contributed by atoms with Gasteiger partial charge < -0.3 is 0 Å². The van der Waals surface area contributed by atoms with Gasteiger partial charge in [0.1, 0.15) is 5.82 Å². The molecule has 3 heteroatoms. The van der Waals surface area contributed by atoms with E-state index in [0.29, 0.717) is 11.1 Å². The third-order valence-electron chi connectivity index (χ3n) is 5.82. The van der Waals surface area contributed by atoms with Gasteiger partial charge in [-0.05, 0) is 41.7 Å². The molecular weight excluding hydrogens is 393 g/mol. The maximum atomic E-state index is 14.8. The van der Waals surface area contributed by atoms with Crippen LogP contribution in [0.15, 0.2) is 60.7 Å². The van der Waals surface area contributed by atoms with Gasteiger partial charge in [0, 0.05) is 11.1 Å². The number of aryl methyl sites for hydroxylation is 1. The summed E-state index contributed by atoms with van der Waals surface area (Å²) in [4.78, 5) is 0. The van der Waals surface area contributed by atoms with Crippen molar-refractivity contribution in [2.75, 3.05) is 0 Å². The van der Waals surface area contributed by atoms with E-state index in [2.05, 4.69) is 6.92 Å². The van der Waals surface area contributed by atoms with E-state index in [-0.39, 0.29) is 11.1 Å². The zero-order chi connectivity index (χ0) is 22.1. The second-order valence-corrected chi connectivity index (χ2v) is 8.19. The summed E-state index contributed by atoms with van der Waals surface area (Å²) in [6.07, 6.45) is 11.1. The summed E-state index contributed by atoms with van der Waals surface area (Å²) in [6.45, 7) is 2.23. The van der Waals surface area contributed by atoms with Crippen LogP contribution < -0.4 is 0 Å². The normalized spacial score (nSPS) is 11.1. The van der Waals surface area contributed by atoms with E-state index in [1.165, 1.54) is 62.6 Å². The molecule has 0 aliphatic carbocycles. The van der Waals surface area contributed by atoms with Gasteiger partial charge >= 0.3 is 0 Å². The average Bonchev–Trinajstić information content (AvgIpc) is 2.78. The van der Waals surface area contributed by atoms with Gasteiger partial charge in [-0.2, -0.15) is 0 Å². The molecule has 0 radical (unpaired) electrons. The lowest BCUT2D eigenvalue weighted by molar-refractivity contribution is 0.511. The molecule has 0 saturated heterocycles. The lowest BCUT2D eigenvalue weighted by Gasteiger charge is -2.13. The quantitative estimate of drug-likeness (QED) is 0.269. The van der Waals surface area contributed by atoms with Gasteiger partial charge in [0.25, 0.3) is 0 Å². The fraction of sp³-hybridized carbons (Fsp3) is 0.357. The summed E-state index contributed by atoms with van der Waals surface area (Å²) in [5.41, 5.74) is 2.45. The van der Waals surface area contributed by atoms with Crippen LogP contribution in [0.2, 0.25) is 0 Å². The summed E-state index contributed by atoms with van der Waals surface area (Å²) in [5, 5.41) is 0. The SMILES string of the molecule is CCCCCCCCCCc1ccc(-c2c(-c3ccccc3F)ccc(F)c2F)cc1. The molecule has 31 heavy (non-hydrogen) atoms. The van der Waals surface area contributed by atoms with Crippen molar-refractivity contribution in [3.05, 3.63) is 83.7 Å². The monoisotopic (exact) mass is 424 g/mol. The molecule has 0 aromatic heterocycles. The molecule has 0 fully saturated rings. The Labute approximate surface area is 184 Å². The minimum atomic E-state index is -0.948. The predicted molar refractivity (Wildman–Crippen MR) is 124 cm³/mol. The number of hydrogen-bond donors (Lipinski definition) is 0. The van der Waals surface area contributed by atoms with Crippen molar-refractivity contribution in [3.8, 4) is 22.3 Å². The number of benzene rings is 3. The van der Waals surface area contributed by atoms with E-state index >= 15 is 0 Å². The molecule has 0 bridgehead atoms. The van der Waals surface area contributed by atoms with E-state index < -0.39 is 17.5 Å². The van der Waals surface area contributed by atoms with Crippen molar-refractivity contribution in [2.24, 2.45) is 0 Å². The molecule has 3 aromatic carbocycles. The van der Waals surface area contributed by atoms with E-state index in [4.69, 9.17) is 0 Å². The molecule has 3 aromatic rings. The minimum absolute atomic E-state index is 0.101. The molecule has 0 aliphatic heterocycles. The van der Waals surface area contributed by atoms with Crippen LogP contribution in [0.5, 0.6) is 0 Å². The number of halogens is 3. The smallest absolute Gasteiger partial charge is 0.167 e. The highest BCUT2D eigenvalue weighted by atomic mass is 19.2. The highest BCUT2D eigenvalue weighted by Crippen LogP contribution is 2.36. The Morgan fingerprint density at radius 1 is 0.581 bits per heavy atom. The number of rotatable bonds is 11. The summed E-state index contributed by atoms with van der Waals surface area (Å²) in [7, 11) is 0. The standard InChI is InChI=1S/C28H31F3/c1-2-3-4-5-6-7-8-9-12-21-15-17-22(18-16-21)27-24(19-20-26(30)28(27)31)23-13-10-11-14-25(23)29/h10-11,13-20H,2-9,12H2,1H3. The summed E-state index contributed by atoms with van der Waals surface area (Å²) < 4.78 is 43.1. The Morgan fingerprint density at radius 3 is 1.90 bits per heavy atom. The van der Waals surface area contributed by atoms with Crippen molar-refractivity contribution in [3.63, 3.8) is 0 Å². The largest absolute Gasteiger partial charge is 0.206 e. The summed E-state index contributed by atoms with van der Waals surface area (Å²) in [6, 6.07) is 16.2. The second-order valence-electron chi connectivity index (χ2n) is 8.19. The van der Waals surface area contributed by atoms with E-state index in [0.717, 1.165) is 18.9 Å². The van der Waals surface area contributed by atoms with Crippen LogP contribution in [0.25, 0.3) is 22.3 Å². The fourth-order valence-electron chi connectivity index (χ4n) is 4.04. The van der Waals surface area contributed by atoms with Crippen molar-refractivity contribution >= 4 is 0 Å². The second kappa shape index (κ2) is 11.7. The Morgan fingerprint density at radius 2 is 1.23 bits per heavy atom. The lowest BCUT2D eigenvalue weighted by Crippen LogP contribution is -1.96. The first kappa shape index (κ1) is 23.1. The Hall–Kier alpha value is -2.55. The van der Waals surface area contributed by atoms with Gasteiger partial charge in [0.05, 0.1) is 0 Å². The zero-order valence-electron chi connectivity index (χ0n) is 18.3. The first-order valence-corrected chi connectivity index (χ1v) is 11.4. The van der Waals surface area contributed by atoms with Crippen LogP contribution in [-0.4, -0.2) is 0 Å². The number of hydrogen-bond acceptors (Lipinski definition) is 0. The van der Waals surface area contributed by atoms with Crippen LogP contribution in [0, 0.1) is 17.5 Å². The Bertz CT molecular complexity index is 960. The third-order valence-corrected chi connectivity index (χ3v) is 5.82. The zero-order valence-corrected chi connectivity index (χ0v) is 18.3. The molecular formula is C28H31F3. The van der Waals surface area contributed by atoms with Gasteiger partial charge in [0.15, 0.2) is 11.6 Å². The molecule has 0 heterocycles. The predicted octanol–water partition coefficient (Wildman–Crippen LogP) is 9.12. The average molecular weight is 425 g/mol. The lowest BCUT2D eigenvalue weighted by atomic mass is 9.92. The Kier molecular flexibility index (Phi) is 8.75. The first-order chi connectivity index (χ1) is 15.1. The molecule has 0 atom stereocenters. The third kappa shape index (κ3) is 6.22. The molecule has 0 aliphatic rings. The minimum Gasteiger partial charge on any atom is -0.206 e. The van der Waals surface area contributed by atoms with Gasteiger partial charge in [-0.3, -0.25) is 0 Å². The topological polar surface area (TPSA) is 0 Å². The van der Waals surface area contributed by atoms with Crippen molar-refractivity contribution < 1.29 is 13.2 Å². The van der Waals surface area contributed by atoms with Crippen molar-refractivity contribution in [1.29, 1.82) is 0 Å². The van der Waals surface area contributed by atoms with Crippen LogP contribution in [-0.2, 0) is 6.42 Å². The highest BCUT2D eigenvalue weighted by molar-refractivity contribution is 5.84. The van der Waals surface area contributed by atoms with Crippen molar-refractivity contribution in [1.82, 2.24) is 0 Å². The number of unbranched alkanes of at least 4 members (excludes halogenated alkanes) is 7. The van der Waals surface area contributed by atoms with Gasteiger partial charge in [-0.15, -0.1) is 0 Å². The molecule has 0 N–H and O–H groups in total. The molecule has 0 spiro atoms. The van der Waals surface area contributed by atoms with E-state index in [1.807, 2.05) is 24.3 Å². The molecule has 0 amide bonds. The van der Waals surface area contributed by atoms with Crippen LogP contribution in [0.4, 0.5) is 13.2 Å². The van der Waals surface area contributed by atoms with Crippen LogP contribution >= 0.6 is 0 Å². The summed E-state index contributed by atoms with van der Waals surface area (Å²) >= 11 is 0.